The van der Waals surface area contributed by atoms with E-state index in [-0.39, 0.29) is 5.41 Å². The van der Waals surface area contributed by atoms with Crippen molar-refractivity contribution in [2.45, 2.75) is 31.7 Å². The predicted molar refractivity (Wildman–Crippen MR) is 224 cm³/mol. The average Bonchev–Trinajstić information content (AvgIpc) is 3.68. The van der Waals surface area contributed by atoms with E-state index in [1.54, 1.807) is 0 Å². The second-order valence-electron chi connectivity index (χ2n) is 14.9. The van der Waals surface area contributed by atoms with Crippen molar-refractivity contribution in [3.63, 3.8) is 0 Å². The molecule has 0 radical (unpaired) electrons. The molecule has 0 aromatic heterocycles. The van der Waals surface area contributed by atoms with Crippen LogP contribution >= 0.6 is 0 Å². The van der Waals surface area contributed by atoms with E-state index in [1.807, 2.05) is 0 Å². The van der Waals surface area contributed by atoms with E-state index in [1.165, 1.54) is 72.7 Å². The minimum Gasteiger partial charge on any atom is -0.333 e. The monoisotopic (exact) mass is 680 g/mol. The number of allylic oxidation sites excluding steroid dienone is 2. The molecule has 3 aliphatic rings. The van der Waals surface area contributed by atoms with Crippen molar-refractivity contribution >= 4 is 34.0 Å². The van der Waals surface area contributed by atoms with Gasteiger partial charge in [-0.25, -0.2) is 0 Å². The number of fused-ring (bicyclic) bond motifs is 6. The zero-order chi connectivity index (χ0) is 35.5. The van der Waals surface area contributed by atoms with Gasteiger partial charge < -0.3 is 9.80 Å². The van der Waals surface area contributed by atoms with Gasteiger partial charge in [-0.05, 0) is 105 Å². The zero-order valence-corrected chi connectivity index (χ0v) is 30.1. The maximum Gasteiger partial charge on any atom is 0.0632 e. The normalized spacial score (nSPS) is 16.0. The first-order valence-corrected chi connectivity index (χ1v) is 18.7. The summed E-state index contributed by atoms with van der Waals surface area (Å²) in [5.74, 6) is 0. The van der Waals surface area contributed by atoms with Gasteiger partial charge in [0.15, 0.2) is 0 Å². The molecule has 10 rings (SSSR count). The Hall–Kier alpha value is -6.38. The van der Waals surface area contributed by atoms with Crippen LogP contribution < -0.4 is 9.80 Å². The molecule has 0 bridgehead atoms. The molecule has 254 valence electrons. The van der Waals surface area contributed by atoms with Gasteiger partial charge in [0, 0.05) is 33.7 Å². The molecule has 1 aliphatic heterocycles. The van der Waals surface area contributed by atoms with Gasteiger partial charge in [-0.3, -0.25) is 0 Å². The van der Waals surface area contributed by atoms with E-state index in [0.717, 1.165) is 17.8 Å². The molecular weight excluding hydrogens is 641 g/mol. The summed E-state index contributed by atoms with van der Waals surface area (Å²) in [7, 11) is 0. The lowest BCUT2D eigenvalue weighted by atomic mass is 9.81. The highest BCUT2D eigenvalue weighted by Gasteiger charge is 2.39. The number of para-hydroxylation sites is 1. The van der Waals surface area contributed by atoms with Gasteiger partial charge in [-0.15, -0.1) is 0 Å². The van der Waals surface area contributed by atoms with Crippen molar-refractivity contribution in [2.75, 3.05) is 9.80 Å². The maximum absolute atomic E-state index is 2.51. The highest BCUT2D eigenvalue weighted by atomic mass is 15.2. The van der Waals surface area contributed by atoms with Crippen LogP contribution in [0.15, 0.2) is 188 Å². The lowest BCUT2D eigenvalue weighted by Gasteiger charge is -2.32. The molecule has 53 heavy (non-hydrogen) atoms. The second kappa shape index (κ2) is 12.4. The smallest absolute Gasteiger partial charge is 0.0632 e. The van der Waals surface area contributed by atoms with Crippen molar-refractivity contribution in [1.82, 2.24) is 0 Å². The summed E-state index contributed by atoms with van der Waals surface area (Å²) in [5.41, 5.74) is 18.9. The third-order valence-electron chi connectivity index (χ3n) is 11.6. The Balaban J connectivity index is 1.02. The Morgan fingerprint density at radius 2 is 1.09 bits per heavy atom. The van der Waals surface area contributed by atoms with Crippen LogP contribution in [0.5, 0.6) is 0 Å². The Morgan fingerprint density at radius 1 is 0.528 bits per heavy atom. The van der Waals surface area contributed by atoms with Crippen LogP contribution in [0, 0.1) is 0 Å². The molecule has 7 aromatic rings. The van der Waals surface area contributed by atoms with E-state index in [2.05, 4.69) is 212 Å². The van der Waals surface area contributed by atoms with E-state index in [0.29, 0.717) is 6.04 Å². The zero-order valence-electron chi connectivity index (χ0n) is 30.1. The maximum atomic E-state index is 2.51. The number of anilines is 5. The van der Waals surface area contributed by atoms with Crippen LogP contribution in [0.25, 0.3) is 39.0 Å². The minimum atomic E-state index is -0.146. The Labute approximate surface area is 312 Å². The van der Waals surface area contributed by atoms with E-state index in [9.17, 15) is 0 Å². The number of hydrogen-bond acceptors (Lipinski definition) is 2. The fourth-order valence-electron chi connectivity index (χ4n) is 9.03. The van der Waals surface area contributed by atoms with Crippen LogP contribution in [0.3, 0.4) is 0 Å². The third-order valence-corrected chi connectivity index (χ3v) is 11.6. The van der Waals surface area contributed by atoms with Crippen molar-refractivity contribution in [1.29, 1.82) is 0 Å². The average molecular weight is 681 g/mol. The number of rotatable bonds is 6. The van der Waals surface area contributed by atoms with Gasteiger partial charge >= 0.3 is 0 Å². The van der Waals surface area contributed by atoms with Crippen molar-refractivity contribution in [2.24, 2.45) is 0 Å². The molecule has 7 aromatic carbocycles. The summed E-state index contributed by atoms with van der Waals surface area (Å²) in [6.07, 6.45) is 7.79. The quantitative estimate of drug-likeness (QED) is 0.172. The van der Waals surface area contributed by atoms with Crippen LogP contribution in [-0.4, -0.2) is 6.04 Å². The summed E-state index contributed by atoms with van der Waals surface area (Å²) in [6.45, 7) is 4.74. The fourth-order valence-corrected chi connectivity index (χ4v) is 9.03. The number of benzene rings is 7. The molecule has 0 N–H and O–H groups in total. The number of hydrogen-bond donors (Lipinski definition) is 0. The molecular formula is C51H40N2. The summed E-state index contributed by atoms with van der Waals surface area (Å²) in [4.78, 5) is 4.96. The summed E-state index contributed by atoms with van der Waals surface area (Å²) < 4.78 is 0. The Bertz CT molecular complexity index is 2540. The second-order valence-corrected chi connectivity index (χ2v) is 14.9. The van der Waals surface area contributed by atoms with Gasteiger partial charge in [-0.1, -0.05) is 153 Å². The molecule has 2 heteroatoms. The molecule has 2 nitrogen and oxygen atoms in total. The van der Waals surface area contributed by atoms with Crippen molar-refractivity contribution in [3.8, 4) is 33.4 Å². The third kappa shape index (κ3) is 5.09. The van der Waals surface area contributed by atoms with Gasteiger partial charge in [0.1, 0.15) is 0 Å². The van der Waals surface area contributed by atoms with Crippen molar-refractivity contribution in [3.05, 3.63) is 205 Å². The van der Waals surface area contributed by atoms with Crippen LogP contribution in [-0.2, 0) is 5.41 Å². The minimum absolute atomic E-state index is 0.146. The number of nitrogens with zero attached hydrogens (tertiary/aromatic N) is 2. The fraction of sp³-hybridized carbons (Fsp3) is 0.0980. The van der Waals surface area contributed by atoms with Gasteiger partial charge in [-0.2, -0.15) is 0 Å². The van der Waals surface area contributed by atoms with Crippen LogP contribution in [0.1, 0.15) is 37.0 Å². The topological polar surface area (TPSA) is 6.48 Å². The summed E-state index contributed by atoms with van der Waals surface area (Å²) in [5, 5.41) is 0. The van der Waals surface area contributed by atoms with E-state index in [4.69, 9.17) is 0 Å². The van der Waals surface area contributed by atoms with Crippen LogP contribution in [0.2, 0.25) is 0 Å². The summed E-state index contributed by atoms with van der Waals surface area (Å²) in [6, 6.07) is 62.7. The lowest BCUT2D eigenvalue weighted by molar-refractivity contribution is 0.661. The lowest BCUT2D eigenvalue weighted by Crippen LogP contribution is -2.26. The highest BCUT2D eigenvalue weighted by molar-refractivity contribution is 5.94. The highest BCUT2D eigenvalue weighted by Crippen LogP contribution is 2.54. The molecule has 2 aliphatic carbocycles. The molecule has 0 amide bonds. The summed E-state index contributed by atoms with van der Waals surface area (Å²) >= 11 is 0. The van der Waals surface area contributed by atoms with Gasteiger partial charge in [0.05, 0.1) is 11.7 Å². The first-order valence-electron chi connectivity index (χ1n) is 18.7. The predicted octanol–water partition coefficient (Wildman–Crippen LogP) is 13.7. The Kier molecular flexibility index (Phi) is 7.33. The molecule has 1 heterocycles. The van der Waals surface area contributed by atoms with Crippen LogP contribution in [0.4, 0.5) is 28.4 Å². The van der Waals surface area contributed by atoms with Crippen molar-refractivity contribution < 1.29 is 0 Å². The molecule has 0 spiro atoms. The first-order chi connectivity index (χ1) is 26.1. The van der Waals surface area contributed by atoms with E-state index < -0.39 is 0 Å². The largest absolute Gasteiger partial charge is 0.333 e. The molecule has 0 fully saturated rings. The molecule has 1 unspecified atom stereocenters. The first kappa shape index (κ1) is 31.4. The molecule has 0 saturated carbocycles. The van der Waals surface area contributed by atoms with Gasteiger partial charge in [0.25, 0.3) is 0 Å². The molecule has 0 saturated heterocycles. The Morgan fingerprint density at radius 3 is 1.79 bits per heavy atom. The standard InChI is InChI=1S/C51H40N2/c1-51(2)46-19-9-6-15-42(46)45-18-12-22-49(50(45)51)52(39-29-23-36(24-30-39)35-13-4-3-5-14-35)40-31-25-37(26-32-40)38-27-33-41(34-28-38)53-47-20-10-7-16-43(47)44-17-8-11-21-48(44)53/h3-20,22-34,48H,21H2,1-2H3. The SMILES string of the molecule is CC1(C)c2ccccc2-c2cccc(N(c3ccc(-c4ccccc4)cc3)c3ccc(-c4ccc(N5c6ccccc6C6=CC=CCC65)cc4)cc3)c21. The molecule has 1 atom stereocenters. The van der Waals surface area contributed by atoms with Gasteiger partial charge in [0.2, 0.25) is 0 Å². The van der Waals surface area contributed by atoms with E-state index >= 15 is 0 Å².